The number of anilines is 1. The quantitative estimate of drug-likeness (QED) is 0.472. The van der Waals surface area contributed by atoms with Gasteiger partial charge in [-0.25, -0.2) is 4.98 Å². The Kier molecular flexibility index (Phi) is 4.35. The van der Waals surface area contributed by atoms with Crippen LogP contribution < -0.4 is 10.6 Å². The van der Waals surface area contributed by atoms with E-state index in [2.05, 4.69) is 22.2 Å². The molecule has 0 aliphatic carbocycles. The highest BCUT2D eigenvalue weighted by Crippen LogP contribution is 2.11. The Labute approximate surface area is 93.2 Å². The third kappa shape index (κ3) is 3.72. The van der Waals surface area contributed by atoms with E-state index in [9.17, 15) is 0 Å². The van der Waals surface area contributed by atoms with E-state index >= 15 is 0 Å². The van der Waals surface area contributed by atoms with Gasteiger partial charge in [0.15, 0.2) is 5.11 Å². The summed E-state index contributed by atoms with van der Waals surface area (Å²) >= 11 is 10.7. The van der Waals surface area contributed by atoms with E-state index in [1.165, 1.54) is 0 Å². The fourth-order valence-corrected chi connectivity index (χ4v) is 1.20. The van der Waals surface area contributed by atoms with Crippen LogP contribution in [0, 0.1) is 0 Å². The second-order valence-electron chi connectivity index (χ2n) is 2.49. The summed E-state index contributed by atoms with van der Waals surface area (Å²) in [4.78, 5) is 3.85. The number of thiocarbonyl (C=S) groups is 1. The SMILES string of the molecule is C=CCNC(=S)Nc1ccnc(Cl)c1. The predicted octanol–water partition coefficient (Wildman–Crippen LogP) is 2.21. The summed E-state index contributed by atoms with van der Waals surface area (Å²) in [7, 11) is 0. The molecule has 3 nitrogen and oxygen atoms in total. The Balaban J connectivity index is 2.51. The summed E-state index contributed by atoms with van der Waals surface area (Å²) in [5, 5.41) is 6.87. The van der Waals surface area contributed by atoms with Crippen molar-refractivity contribution in [2.24, 2.45) is 0 Å². The molecule has 0 saturated carbocycles. The van der Waals surface area contributed by atoms with Crippen LogP contribution in [0.5, 0.6) is 0 Å². The minimum absolute atomic E-state index is 0.432. The zero-order chi connectivity index (χ0) is 10.4. The van der Waals surface area contributed by atoms with Crippen molar-refractivity contribution in [3.8, 4) is 0 Å². The molecule has 0 atom stereocenters. The smallest absolute Gasteiger partial charge is 0.171 e. The van der Waals surface area contributed by atoms with Crippen molar-refractivity contribution in [1.82, 2.24) is 10.3 Å². The van der Waals surface area contributed by atoms with Gasteiger partial charge in [-0.15, -0.1) is 6.58 Å². The third-order valence-electron chi connectivity index (χ3n) is 1.39. The van der Waals surface area contributed by atoms with Crippen molar-refractivity contribution >= 4 is 34.6 Å². The maximum absolute atomic E-state index is 5.70. The van der Waals surface area contributed by atoms with Gasteiger partial charge in [0, 0.05) is 18.4 Å². The Morgan fingerprint density at radius 3 is 3.14 bits per heavy atom. The average molecular weight is 228 g/mol. The molecule has 0 bridgehead atoms. The number of pyridine rings is 1. The van der Waals surface area contributed by atoms with Crippen LogP contribution in [0.1, 0.15) is 0 Å². The second-order valence-corrected chi connectivity index (χ2v) is 3.29. The highest BCUT2D eigenvalue weighted by molar-refractivity contribution is 7.80. The van der Waals surface area contributed by atoms with Crippen molar-refractivity contribution < 1.29 is 0 Å². The normalized spacial score (nSPS) is 9.21. The predicted molar refractivity (Wildman–Crippen MR) is 63.7 cm³/mol. The summed E-state index contributed by atoms with van der Waals surface area (Å²) in [6.07, 6.45) is 3.34. The minimum atomic E-state index is 0.432. The number of halogens is 1. The second kappa shape index (κ2) is 5.57. The lowest BCUT2D eigenvalue weighted by Gasteiger charge is -2.08. The molecule has 0 aliphatic rings. The lowest BCUT2D eigenvalue weighted by atomic mass is 10.4. The monoisotopic (exact) mass is 227 g/mol. The van der Waals surface area contributed by atoms with Gasteiger partial charge in [0.2, 0.25) is 0 Å². The first kappa shape index (κ1) is 10.9. The molecule has 74 valence electrons. The van der Waals surface area contributed by atoms with E-state index in [1.54, 1.807) is 24.4 Å². The van der Waals surface area contributed by atoms with Gasteiger partial charge in [-0.1, -0.05) is 17.7 Å². The van der Waals surface area contributed by atoms with Crippen molar-refractivity contribution in [3.63, 3.8) is 0 Å². The molecule has 0 radical (unpaired) electrons. The molecule has 0 aliphatic heterocycles. The van der Waals surface area contributed by atoms with Crippen LogP contribution in [0.2, 0.25) is 5.15 Å². The van der Waals surface area contributed by atoms with E-state index in [4.69, 9.17) is 23.8 Å². The van der Waals surface area contributed by atoms with E-state index in [0.29, 0.717) is 16.8 Å². The molecule has 0 spiro atoms. The zero-order valence-corrected chi connectivity index (χ0v) is 9.03. The lowest BCUT2D eigenvalue weighted by Crippen LogP contribution is -2.28. The van der Waals surface area contributed by atoms with Crippen LogP contribution in [0.4, 0.5) is 5.69 Å². The summed E-state index contributed by atoms with van der Waals surface area (Å²) in [6.45, 7) is 4.20. The summed E-state index contributed by atoms with van der Waals surface area (Å²) in [6, 6.07) is 3.48. The minimum Gasteiger partial charge on any atom is -0.359 e. The third-order valence-corrected chi connectivity index (χ3v) is 1.84. The molecule has 1 aromatic heterocycles. The molecule has 0 amide bonds. The van der Waals surface area contributed by atoms with E-state index in [-0.39, 0.29) is 0 Å². The van der Waals surface area contributed by atoms with Crippen LogP contribution in [-0.2, 0) is 0 Å². The molecule has 0 saturated heterocycles. The number of aromatic nitrogens is 1. The standard InChI is InChI=1S/C9H10ClN3S/c1-2-4-12-9(14)13-7-3-5-11-8(10)6-7/h2-3,5-6H,1,4H2,(H2,11,12,13,14). The number of rotatable bonds is 3. The van der Waals surface area contributed by atoms with Crippen molar-refractivity contribution in [2.45, 2.75) is 0 Å². The molecule has 0 unspecified atom stereocenters. The number of nitrogens with zero attached hydrogens (tertiary/aromatic N) is 1. The van der Waals surface area contributed by atoms with E-state index in [1.807, 2.05) is 0 Å². The number of nitrogens with one attached hydrogen (secondary N) is 2. The molecule has 0 aromatic carbocycles. The fraction of sp³-hybridized carbons (Fsp3) is 0.111. The Morgan fingerprint density at radius 1 is 1.71 bits per heavy atom. The summed E-state index contributed by atoms with van der Waals surface area (Å²) in [5.74, 6) is 0. The van der Waals surface area contributed by atoms with Gasteiger partial charge in [-0.2, -0.15) is 0 Å². The van der Waals surface area contributed by atoms with Gasteiger partial charge < -0.3 is 10.6 Å². The van der Waals surface area contributed by atoms with Crippen LogP contribution >= 0.6 is 23.8 Å². The molecule has 1 rings (SSSR count). The first-order chi connectivity index (χ1) is 6.72. The molecular formula is C9H10ClN3S. The number of hydrogen-bond acceptors (Lipinski definition) is 2. The Bertz CT molecular complexity index is 341. The number of hydrogen-bond donors (Lipinski definition) is 2. The highest BCUT2D eigenvalue weighted by Gasteiger charge is 1.96. The van der Waals surface area contributed by atoms with Gasteiger partial charge in [0.1, 0.15) is 5.15 Å². The summed E-state index contributed by atoms with van der Waals surface area (Å²) < 4.78 is 0. The summed E-state index contributed by atoms with van der Waals surface area (Å²) in [5.41, 5.74) is 0.812. The maximum atomic E-state index is 5.70. The molecule has 0 fully saturated rings. The lowest BCUT2D eigenvalue weighted by molar-refractivity contribution is 1.06. The van der Waals surface area contributed by atoms with Gasteiger partial charge in [-0.05, 0) is 24.4 Å². The van der Waals surface area contributed by atoms with Gasteiger partial charge in [0.05, 0.1) is 0 Å². The maximum Gasteiger partial charge on any atom is 0.171 e. The fourth-order valence-electron chi connectivity index (χ4n) is 0.820. The van der Waals surface area contributed by atoms with E-state index < -0.39 is 0 Å². The van der Waals surface area contributed by atoms with Crippen LogP contribution in [0.25, 0.3) is 0 Å². The molecule has 14 heavy (non-hydrogen) atoms. The highest BCUT2D eigenvalue weighted by atomic mass is 35.5. The van der Waals surface area contributed by atoms with Crippen LogP contribution in [-0.4, -0.2) is 16.6 Å². The van der Waals surface area contributed by atoms with Crippen LogP contribution in [0.15, 0.2) is 31.0 Å². The van der Waals surface area contributed by atoms with Crippen molar-refractivity contribution in [3.05, 3.63) is 36.1 Å². The zero-order valence-electron chi connectivity index (χ0n) is 7.46. The molecular weight excluding hydrogens is 218 g/mol. The molecule has 2 N–H and O–H groups in total. The average Bonchev–Trinajstić information content (AvgIpc) is 2.15. The topological polar surface area (TPSA) is 37.0 Å². The molecule has 5 heteroatoms. The van der Waals surface area contributed by atoms with Crippen molar-refractivity contribution in [1.29, 1.82) is 0 Å². The Hall–Kier alpha value is -1.13. The Morgan fingerprint density at radius 2 is 2.50 bits per heavy atom. The van der Waals surface area contributed by atoms with Gasteiger partial charge in [-0.3, -0.25) is 0 Å². The van der Waals surface area contributed by atoms with Crippen LogP contribution in [0.3, 0.4) is 0 Å². The van der Waals surface area contributed by atoms with Crippen molar-refractivity contribution in [2.75, 3.05) is 11.9 Å². The first-order valence-electron chi connectivity index (χ1n) is 3.99. The molecule has 1 aromatic rings. The first-order valence-corrected chi connectivity index (χ1v) is 4.78. The van der Waals surface area contributed by atoms with Gasteiger partial charge >= 0.3 is 0 Å². The largest absolute Gasteiger partial charge is 0.359 e. The molecule has 1 heterocycles. The van der Waals surface area contributed by atoms with E-state index in [0.717, 1.165) is 5.69 Å². The van der Waals surface area contributed by atoms with Gasteiger partial charge in [0.25, 0.3) is 0 Å².